The van der Waals surface area contributed by atoms with Crippen LogP contribution in [0, 0.1) is 0 Å². The molecule has 2 aromatic carbocycles. The van der Waals surface area contributed by atoms with Gasteiger partial charge in [0.1, 0.15) is 17.6 Å². The van der Waals surface area contributed by atoms with E-state index in [1.165, 1.54) is 0 Å². The van der Waals surface area contributed by atoms with E-state index >= 15 is 0 Å². The van der Waals surface area contributed by atoms with Crippen LogP contribution in [0.3, 0.4) is 0 Å². The first kappa shape index (κ1) is 18.3. The normalized spacial score (nSPS) is 15.6. The summed E-state index contributed by atoms with van der Waals surface area (Å²) in [5, 5.41) is 12.6. The molecule has 0 saturated heterocycles. The summed E-state index contributed by atoms with van der Waals surface area (Å²) in [5.74, 6) is 2.28. The van der Waals surface area contributed by atoms with Gasteiger partial charge in [-0.1, -0.05) is 28.6 Å². The Balaban J connectivity index is 1.38. The minimum absolute atomic E-state index is 0.115. The second-order valence-electron chi connectivity index (χ2n) is 6.79. The molecular weight excluding hydrogens is 386 g/mol. The van der Waals surface area contributed by atoms with Gasteiger partial charge in [-0.3, -0.25) is 0 Å². The fraction of sp³-hybridized carbons (Fsp3) is 0.238. The molecule has 0 unspecified atom stereocenters. The lowest BCUT2D eigenvalue weighted by Gasteiger charge is -2.24. The first-order chi connectivity index (χ1) is 14.7. The Bertz CT molecular complexity index is 1170. The van der Waals surface area contributed by atoms with Crippen LogP contribution in [0.1, 0.15) is 17.4 Å². The van der Waals surface area contributed by atoms with E-state index in [2.05, 4.69) is 20.5 Å². The highest BCUT2D eigenvalue weighted by atomic mass is 16.5. The summed E-state index contributed by atoms with van der Waals surface area (Å²) in [7, 11) is 3.26. The molecule has 3 heterocycles. The molecule has 9 nitrogen and oxygen atoms in total. The summed E-state index contributed by atoms with van der Waals surface area (Å²) >= 11 is 0. The molecule has 0 aliphatic carbocycles. The van der Waals surface area contributed by atoms with Gasteiger partial charge in [0, 0.05) is 5.56 Å². The van der Waals surface area contributed by atoms with Crippen molar-refractivity contribution in [3.05, 3.63) is 59.8 Å². The molecule has 30 heavy (non-hydrogen) atoms. The maximum atomic E-state index is 6.06. The van der Waals surface area contributed by atoms with Crippen molar-refractivity contribution < 1.29 is 18.7 Å². The molecule has 0 amide bonds. The molecule has 0 bridgehead atoms. The number of methoxy groups -OCH3 is 2. The van der Waals surface area contributed by atoms with Gasteiger partial charge in [-0.2, -0.15) is 4.98 Å². The van der Waals surface area contributed by atoms with Crippen LogP contribution >= 0.6 is 0 Å². The zero-order valence-corrected chi connectivity index (χ0v) is 16.5. The molecule has 5 rings (SSSR count). The number of nitrogens with zero attached hydrogens (tertiary/aromatic N) is 5. The molecule has 9 heteroatoms. The predicted molar refractivity (Wildman–Crippen MR) is 106 cm³/mol. The third-order valence-electron chi connectivity index (χ3n) is 5.04. The molecular formula is C21H19N5O4. The van der Waals surface area contributed by atoms with Crippen LogP contribution in [0.5, 0.6) is 11.5 Å². The van der Waals surface area contributed by atoms with Crippen LogP contribution < -0.4 is 9.47 Å². The van der Waals surface area contributed by atoms with Gasteiger partial charge in [-0.25, -0.2) is 4.68 Å². The standard InChI is InChI=1S/C21H19N5O4/c1-27-15-8-6-13(7-9-15)18-11-26-17(12-29-18)19(23-25-26)20-22-21(30-24-20)14-4-3-5-16(10-14)28-2/h3-10,18H,11-12H2,1-2H3/t18-/m1/s1. The van der Waals surface area contributed by atoms with E-state index in [1.807, 2.05) is 53.2 Å². The summed E-state index contributed by atoms with van der Waals surface area (Å²) in [6, 6.07) is 15.3. The fourth-order valence-corrected chi connectivity index (χ4v) is 3.40. The Morgan fingerprint density at radius 3 is 2.67 bits per heavy atom. The molecule has 0 spiro atoms. The summed E-state index contributed by atoms with van der Waals surface area (Å²) in [6.45, 7) is 0.900. The maximum Gasteiger partial charge on any atom is 0.258 e. The number of fused-ring (bicyclic) bond motifs is 1. The number of hydrogen-bond acceptors (Lipinski definition) is 8. The zero-order chi connectivity index (χ0) is 20.5. The average molecular weight is 405 g/mol. The molecule has 4 aromatic rings. The van der Waals surface area contributed by atoms with Crippen molar-refractivity contribution in [3.63, 3.8) is 0 Å². The number of aromatic nitrogens is 5. The summed E-state index contributed by atoms with van der Waals surface area (Å²) in [6.07, 6.45) is -0.115. The van der Waals surface area contributed by atoms with E-state index in [0.29, 0.717) is 36.3 Å². The predicted octanol–water partition coefficient (Wildman–Crippen LogP) is 3.28. The molecule has 2 aromatic heterocycles. The van der Waals surface area contributed by atoms with Gasteiger partial charge >= 0.3 is 0 Å². The minimum Gasteiger partial charge on any atom is -0.497 e. The Labute approximate surface area is 172 Å². The molecule has 0 N–H and O–H groups in total. The monoisotopic (exact) mass is 405 g/mol. The van der Waals surface area contributed by atoms with E-state index in [9.17, 15) is 0 Å². The lowest BCUT2D eigenvalue weighted by Crippen LogP contribution is -2.22. The van der Waals surface area contributed by atoms with Gasteiger partial charge in [0.2, 0.25) is 5.82 Å². The highest BCUT2D eigenvalue weighted by Crippen LogP contribution is 2.31. The van der Waals surface area contributed by atoms with Crippen molar-refractivity contribution in [2.24, 2.45) is 0 Å². The zero-order valence-electron chi connectivity index (χ0n) is 16.5. The van der Waals surface area contributed by atoms with Gasteiger partial charge in [0.25, 0.3) is 5.89 Å². The van der Waals surface area contributed by atoms with Gasteiger partial charge in [-0.05, 0) is 35.9 Å². The van der Waals surface area contributed by atoms with Gasteiger partial charge < -0.3 is 18.7 Å². The first-order valence-electron chi connectivity index (χ1n) is 9.41. The molecule has 0 saturated carbocycles. The van der Waals surface area contributed by atoms with Crippen molar-refractivity contribution in [1.29, 1.82) is 0 Å². The Morgan fingerprint density at radius 2 is 1.87 bits per heavy atom. The van der Waals surface area contributed by atoms with Gasteiger partial charge in [-0.15, -0.1) is 5.10 Å². The molecule has 1 atom stereocenters. The van der Waals surface area contributed by atoms with Crippen molar-refractivity contribution in [2.45, 2.75) is 19.3 Å². The van der Waals surface area contributed by atoms with Crippen LogP contribution in [-0.2, 0) is 17.9 Å². The quantitative estimate of drug-likeness (QED) is 0.499. The number of rotatable bonds is 5. The van der Waals surface area contributed by atoms with E-state index in [4.69, 9.17) is 18.7 Å². The second-order valence-corrected chi connectivity index (χ2v) is 6.79. The van der Waals surface area contributed by atoms with Crippen LogP contribution in [0.4, 0.5) is 0 Å². The molecule has 1 aliphatic rings. The van der Waals surface area contributed by atoms with Crippen molar-refractivity contribution >= 4 is 0 Å². The third kappa shape index (κ3) is 3.29. The van der Waals surface area contributed by atoms with Crippen molar-refractivity contribution in [2.75, 3.05) is 14.2 Å². The molecule has 0 fully saturated rings. The topological polar surface area (TPSA) is 97.3 Å². The maximum absolute atomic E-state index is 6.06. The number of ether oxygens (including phenoxy) is 3. The molecule has 0 radical (unpaired) electrons. The lowest BCUT2D eigenvalue weighted by molar-refractivity contribution is -0.00114. The highest BCUT2D eigenvalue weighted by Gasteiger charge is 2.27. The minimum atomic E-state index is -0.115. The average Bonchev–Trinajstić information content (AvgIpc) is 3.46. The number of benzene rings is 2. The van der Waals surface area contributed by atoms with E-state index in [1.54, 1.807) is 14.2 Å². The summed E-state index contributed by atoms with van der Waals surface area (Å²) in [4.78, 5) is 4.48. The van der Waals surface area contributed by atoms with Crippen LogP contribution in [0.25, 0.3) is 23.0 Å². The van der Waals surface area contributed by atoms with Gasteiger partial charge in [0.15, 0.2) is 5.69 Å². The van der Waals surface area contributed by atoms with Crippen molar-refractivity contribution in [1.82, 2.24) is 25.1 Å². The summed E-state index contributed by atoms with van der Waals surface area (Å²) in [5.41, 5.74) is 3.20. The van der Waals surface area contributed by atoms with E-state index < -0.39 is 0 Å². The van der Waals surface area contributed by atoms with Gasteiger partial charge in [0.05, 0.1) is 33.1 Å². The fourth-order valence-electron chi connectivity index (χ4n) is 3.40. The summed E-state index contributed by atoms with van der Waals surface area (Å²) < 4.78 is 23.8. The third-order valence-corrected chi connectivity index (χ3v) is 5.04. The first-order valence-corrected chi connectivity index (χ1v) is 9.41. The lowest BCUT2D eigenvalue weighted by atomic mass is 10.1. The van der Waals surface area contributed by atoms with Crippen molar-refractivity contribution in [3.8, 4) is 34.5 Å². The van der Waals surface area contributed by atoms with Crippen LogP contribution in [-0.4, -0.2) is 39.4 Å². The smallest absolute Gasteiger partial charge is 0.258 e. The Hall–Kier alpha value is -3.72. The number of hydrogen-bond donors (Lipinski definition) is 0. The SMILES string of the molecule is COc1ccc([C@H]2Cn3nnc(-c4noc(-c5cccc(OC)c5)n4)c3CO2)cc1. The Morgan fingerprint density at radius 1 is 1.03 bits per heavy atom. The van der Waals surface area contributed by atoms with E-state index in [0.717, 1.165) is 22.6 Å². The molecule has 152 valence electrons. The van der Waals surface area contributed by atoms with Crippen LogP contribution in [0.15, 0.2) is 53.1 Å². The molecule has 1 aliphatic heterocycles. The van der Waals surface area contributed by atoms with E-state index in [-0.39, 0.29) is 6.10 Å². The van der Waals surface area contributed by atoms with Crippen LogP contribution in [0.2, 0.25) is 0 Å². The second kappa shape index (κ2) is 7.60. The largest absolute Gasteiger partial charge is 0.497 e. The highest BCUT2D eigenvalue weighted by molar-refractivity contribution is 5.60. The Kier molecular flexibility index (Phi) is 4.64.